The Labute approximate surface area is 51.3 Å². The standard InChI is InChI=1S/C7H13N/c1-4-5-7(2,3)6-8/h1H,5-6,8H2,2-3H3. The molecule has 0 aromatic rings. The second-order valence-corrected chi connectivity index (χ2v) is 2.75. The first-order valence-corrected chi connectivity index (χ1v) is 2.76. The Kier molecular flexibility index (Phi) is 2.57. The Morgan fingerprint density at radius 3 is 2.25 bits per heavy atom. The molecule has 8 heavy (non-hydrogen) atoms. The van der Waals surface area contributed by atoms with E-state index in [1.807, 2.05) is 0 Å². The zero-order valence-electron chi connectivity index (χ0n) is 5.57. The van der Waals surface area contributed by atoms with Crippen LogP contribution in [0.4, 0.5) is 0 Å². The summed E-state index contributed by atoms with van der Waals surface area (Å²) in [4.78, 5) is 0. The fourth-order valence-corrected chi connectivity index (χ4v) is 0.348. The van der Waals surface area contributed by atoms with Gasteiger partial charge in [0.25, 0.3) is 0 Å². The lowest BCUT2D eigenvalue weighted by Gasteiger charge is -2.17. The van der Waals surface area contributed by atoms with Crippen molar-refractivity contribution in [2.45, 2.75) is 20.3 Å². The van der Waals surface area contributed by atoms with Crippen LogP contribution in [0.15, 0.2) is 0 Å². The van der Waals surface area contributed by atoms with Crippen LogP contribution >= 0.6 is 0 Å². The van der Waals surface area contributed by atoms with Gasteiger partial charge in [0.15, 0.2) is 0 Å². The van der Waals surface area contributed by atoms with Gasteiger partial charge in [0, 0.05) is 6.42 Å². The fourth-order valence-electron chi connectivity index (χ4n) is 0.348. The fraction of sp³-hybridized carbons (Fsp3) is 0.714. The van der Waals surface area contributed by atoms with Gasteiger partial charge in [0.2, 0.25) is 0 Å². The van der Waals surface area contributed by atoms with E-state index in [4.69, 9.17) is 12.2 Å². The monoisotopic (exact) mass is 111 g/mol. The Balaban J connectivity index is 3.58. The molecule has 1 nitrogen and oxygen atoms in total. The maximum Gasteiger partial charge on any atom is 0.0149 e. The van der Waals surface area contributed by atoms with Crippen LogP contribution in [0.2, 0.25) is 0 Å². The summed E-state index contributed by atoms with van der Waals surface area (Å²) in [5, 5.41) is 0. The van der Waals surface area contributed by atoms with Gasteiger partial charge in [-0.25, -0.2) is 0 Å². The van der Waals surface area contributed by atoms with E-state index in [2.05, 4.69) is 19.8 Å². The van der Waals surface area contributed by atoms with Gasteiger partial charge in [0.1, 0.15) is 0 Å². The summed E-state index contributed by atoms with van der Waals surface area (Å²) in [5.74, 6) is 2.58. The molecule has 0 rings (SSSR count). The van der Waals surface area contributed by atoms with Gasteiger partial charge >= 0.3 is 0 Å². The van der Waals surface area contributed by atoms with E-state index in [1.165, 1.54) is 0 Å². The van der Waals surface area contributed by atoms with Crippen molar-refractivity contribution in [3.05, 3.63) is 0 Å². The molecular formula is C7H13N. The van der Waals surface area contributed by atoms with E-state index >= 15 is 0 Å². The SMILES string of the molecule is C#CCC(C)(C)CN. The van der Waals surface area contributed by atoms with Gasteiger partial charge in [-0.1, -0.05) is 13.8 Å². The third-order valence-electron chi connectivity index (χ3n) is 1.13. The largest absolute Gasteiger partial charge is 0.330 e. The van der Waals surface area contributed by atoms with Crippen molar-refractivity contribution >= 4 is 0 Å². The lowest BCUT2D eigenvalue weighted by molar-refractivity contribution is 0.391. The van der Waals surface area contributed by atoms with Gasteiger partial charge in [-0.05, 0) is 12.0 Å². The van der Waals surface area contributed by atoms with E-state index in [1.54, 1.807) is 0 Å². The molecule has 0 fully saturated rings. The number of terminal acetylenes is 1. The highest BCUT2D eigenvalue weighted by atomic mass is 14.6. The molecule has 0 aromatic heterocycles. The van der Waals surface area contributed by atoms with Crippen molar-refractivity contribution in [3.63, 3.8) is 0 Å². The van der Waals surface area contributed by atoms with E-state index in [-0.39, 0.29) is 5.41 Å². The molecule has 0 aliphatic heterocycles. The molecule has 0 aromatic carbocycles. The molecule has 0 spiro atoms. The molecule has 0 unspecified atom stereocenters. The first-order valence-electron chi connectivity index (χ1n) is 2.76. The topological polar surface area (TPSA) is 26.0 Å². The zero-order valence-corrected chi connectivity index (χ0v) is 5.57. The Morgan fingerprint density at radius 1 is 1.62 bits per heavy atom. The molecule has 0 aliphatic carbocycles. The predicted molar refractivity (Wildman–Crippen MR) is 36.3 cm³/mol. The summed E-state index contributed by atoms with van der Waals surface area (Å²) >= 11 is 0. The van der Waals surface area contributed by atoms with E-state index in [0.717, 1.165) is 6.42 Å². The van der Waals surface area contributed by atoms with Gasteiger partial charge in [-0.15, -0.1) is 12.3 Å². The van der Waals surface area contributed by atoms with Crippen LogP contribution in [0.25, 0.3) is 0 Å². The first kappa shape index (κ1) is 7.52. The third kappa shape index (κ3) is 2.65. The van der Waals surface area contributed by atoms with Crippen molar-refractivity contribution in [3.8, 4) is 12.3 Å². The highest BCUT2D eigenvalue weighted by molar-refractivity contribution is 4.90. The van der Waals surface area contributed by atoms with Crippen molar-refractivity contribution in [1.82, 2.24) is 0 Å². The lowest BCUT2D eigenvalue weighted by Crippen LogP contribution is -2.22. The second kappa shape index (κ2) is 2.74. The van der Waals surface area contributed by atoms with Gasteiger partial charge < -0.3 is 5.73 Å². The maximum atomic E-state index is 5.40. The van der Waals surface area contributed by atoms with Crippen molar-refractivity contribution < 1.29 is 0 Å². The molecule has 0 heterocycles. The summed E-state index contributed by atoms with van der Waals surface area (Å²) in [6.45, 7) is 4.79. The summed E-state index contributed by atoms with van der Waals surface area (Å²) < 4.78 is 0. The van der Waals surface area contributed by atoms with Gasteiger partial charge in [-0.3, -0.25) is 0 Å². The Hall–Kier alpha value is -0.480. The van der Waals surface area contributed by atoms with Crippen molar-refractivity contribution in [2.24, 2.45) is 11.1 Å². The lowest BCUT2D eigenvalue weighted by atomic mass is 9.90. The number of rotatable bonds is 2. The van der Waals surface area contributed by atoms with Crippen LogP contribution in [0.5, 0.6) is 0 Å². The quantitative estimate of drug-likeness (QED) is 0.528. The highest BCUT2D eigenvalue weighted by Gasteiger charge is 2.12. The number of hydrogen-bond donors (Lipinski definition) is 1. The molecule has 46 valence electrons. The molecule has 0 saturated heterocycles. The summed E-state index contributed by atoms with van der Waals surface area (Å²) in [7, 11) is 0. The van der Waals surface area contributed by atoms with Crippen LogP contribution in [-0.4, -0.2) is 6.54 Å². The van der Waals surface area contributed by atoms with Gasteiger partial charge in [-0.2, -0.15) is 0 Å². The smallest absolute Gasteiger partial charge is 0.0149 e. The number of hydrogen-bond acceptors (Lipinski definition) is 1. The molecule has 0 aliphatic rings. The molecular weight excluding hydrogens is 98.1 g/mol. The van der Waals surface area contributed by atoms with Crippen LogP contribution < -0.4 is 5.73 Å². The zero-order chi connectivity index (χ0) is 6.62. The van der Waals surface area contributed by atoms with Crippen LogP contribution in [0, 0.1) is 17.8 Å². The summed E-state index contributed by atoms with van der Waals surface area (Å²) in [5.41, 5.74) is 5.53. The average Bonchev–Trinajstić information content (AvgIpc) is 1.67. The first-order chi connectivity index (χ1) is 3.62. The van der Waals surface area contributed by atoms with E-state index < -0.39 is 0 Å². The molecule has 0 bridgehead atoms. The summed E-state index contributed by atoms with van der Waals surface area (Å²) in [6, 6.07) is 0. The minimum atomic E-state index is 0.134. The minimum absolute atomic E-state index is 0.134. The molecule has 1 heteroatoms. The minimum Gasteiger partial charge on any atom is -0.330 e. The normalized spacial score (nSPS) is 10.8. The van der Waals surface area contributed by atoms with Crippen molar-refractivity contribution in [1.29, 1.82) is 0 Å². The van der Waals surface area contributed by atoms with E-state index in [9.17, 15) is 0 Å². The Bertz CT molecular complexity index is 97.4. The summed E-state index contributed by atoms with van der Waals surface area (Å²) in [6.07, 6.45) is 5.85. The number of nitrogens with two attached hydrogens (primary N) is 1. The van der Waals surface area contributed by atoms with Crippen molar-refractivity contribution in [2.75, 3.05) is 6.54 Å². The van der Waals surface area contributed by atoms with Crippen LogP contribution in [0.3, 0.4) is 0 Å². The van der Waals surface area contributed by atoms with Gasteiger partial charge in [0.05, 0.1) is 0 Å². The molecule has 0 amide bonds. The third-order valence-corrected chi connectivity index (χ3v) is 1.13. The van der Waals surface area contributed by atoms with Crippen LogP contribution in [0.1, 0.15) is 20.3 Å². The Morgan fingerprint density at radius 2 is 2.12 bits per heavy atom. The molecule has 0 saturated carbocycles. The highest BCUT2D eigenvalue weighted by Crippen LogP contribution is 2.15. The molecule has 0 radical (unpaired) electrons. The van der Waals surface area contributed by atoms with E-state index in [0.29, 0.717) is 6.54 Å². The van der Waals surface area contributed by atoms with Crippen LogP contribution in [-0.2, 0) is 0 Å². The average molecular weight is 111 g/mol. The molecule has 2 N–H and O–H groups in total. The predicted octanol–water partition coefficient (Wildman–Crippen LogP) is 0.995. The second-order valence-electron chi connectivity index (χ2n) is 2.75. The molecule has 0 atom stereocenters. The maximum absolute atomic E-state index is 5.40.